The van der Waals surface area contributed by atoms with Crippen molar-refractivity contribution in [3.05, 3.63) is 28.3 Å². The molecule has 0 saturated heterocycles. The molecule has 4 aliphatic rings. The van der Waals surface area contributed by atoms with E-state index in [2.05, 4.69) is 45.7 Å². The van der Waals surface area contributed by atoms with Crippen LogP contribution in [-0.2, 0) is 11.2 Å². The zero-order chi connectivity index (χ0) is 23.5. The summed E-state index contributed by atoms with van der Waals surface area (Å²) in [5.41, 5.74) is 5.42. The Hall–Kier alpha value is -2.01. The number of methoxy groups -OCH3 is 1. The van der Waals surface area contributed by atoms with E-state index < -0.39 is 0 Å². The third-order valence-corrected chi connectivity index (χ3v) is 9.27. The Labute approximate surface area is 198 Å². The van der Waals surface area contributed by atoms with Crippen LogP contribution in [0.2, 0.25) is 0 Å². The van der Waals surface area contributed by atoms with Gasteiger partial charge in [0.1, 0.15) is 5.78 Å². The van der Waals surface area contributed by atoms with Crippen molar-refractivity contribution in [1.82, 2.24) is 4.90 Å². The van der Waals surface area contributed by atoms with E-state index in [1.54, 1.807) is 18.3 Å². The molecular weight excluding hydrogens is 414 g/mol. The van der Waals surface area contributed by atoms with Crippen molar-refractivity contribution < 1.29 is 19.0 Å². The molecule has 0 fully saturated rings. The topological polar surface area (TPSA) is 48.0 Å². The van der Waals surface area contributed by atoms with Crippen molar-refractivity contribution in [2.75, 3.05) is 27.5 Å². The SMILES string of the molecule is COc1c2c(cc3c1[C@@H](CC(=O)[C@@]1(C)CC4=C(CCCC4(C)C)C[C@@H]1C)N(C)CC3)OCO2. The number of ketones is 1. The van der Waals surface area contributed by atoms with Crippen LogP contribution in [-0.4, -0.2) is 38.2 Å². The smallest absolute Gasteiger partial charge is 0.231 e. The van der Waals surface area contributed by atoms with Gasteiger partial charge in [-0.15, -0.1) is 0 Å². The van der Waals surface area contributed by atoms with E-state index in [9.17, 15) is 4.79 Å². The predicted octanol–water partition coefficient (Wildman–Crippen LogP) is 5.86. The van der Waals surface area contributed by atoms with Gasteiger partial charge in [-0.05, 0) is 68.5 Å². The van der Waals surface area contributed by atoms with E-state index in [-0.39, 0.29) is 23.7 Å². The Morgan fingerprint density at radius 2 is 2.03 bits per heavy atom. The number of carbonyl (C=O) groups is 1. The van der Waals surface area contributed by atoms with E-state index in [4.69, 9.17) is 14.2 Å². The van der Waals surface area contributed by atoms with Gasteiger partial charge in [0.05, 0.1) is 7.11 Å². The molecule has 0 aromatic heterocycles. The summed E-state index contributed by atoms with van der Waals surface area (Å²) in [6.07, 6.45) is 7.13. The molecule has 0 amide bonds. The number of hydrogen-bond donors (Lipinski definition) is 0. The van der Waals surface area contributed by atoms with E-state index in [0.717, 1.165) is 42.9 Å². The number of ether oxygens (including phenoxy) is 3. The van der Waals surface area contributed by atoms with Gasteiger partial charge in [0.2, 0.25) is 12.5 Å². The van der Waals surface area contributed by atoms with E-state index >= 15 is 0 Å². The Morgan fingerprint density at radius 1 is 1.24 bits per heavy atom. The maximum atomic E-state index is 14.1. The molecular formula is C28H39NO4. The Bertz CT molecular complexity index is 1010. The second-order valence-corrected chi connectivity index (χ2v) is 11.6. The number of fused-ring (bicyclic) bond motifs is 2. The van der Waals surface area contributed by atoms with Crippen LogP contribution < -0.4 is 14.2 Å². The third kappa shape index (κ3) is 3.58. The first-order valence-corrected chi connectivity index (χ1v) is 12.6. The average molecular weight is 454 g/mol. The van der Waals surface area contributed by atoms with Gasteiger partial charge in [0.15, 0.2) is 11.5 Å². The molecule has 0 radical (unpaired) electrons. The summed E-state index contributed by atoms with van der Waals surface area (Å²) in [7, 11) is 3.82. The fourth-order valence-electron chi connectivity index (χ4n) is 6.82. The van der Waals surface area contributed by atoms with Crippen LogP contribution in [0.5, 0.6) is 17.2 Å². The second-order valence-electron chi connectivity index (χ2n) is 11.6. The van der Waals surface area contributed by atoms with Gasteiger partial charge >= 0.3 is 0 Å². The van der Waals surface area contributed by atoms with Gasteiger partial charge in [-0.3, -0.25) is 9.69 Å². The molecule has 0 spiro atoms. The Kier molecular flexibility index (Phi) is 5.55. The minimum absolute atomic E-state index is 0.00975. The lowest BCUT2D eigenvalue weighted by Gasteiger charge is -2.48. The Balaban J connectivity index is 1.48. The minimum Gasteiger partial charge on any atom is -0.492 e. The highest BCUT2D eigenvalue weighted by Crippen LogP contribution is 2.56. The molecule has 2 aliphatic carbocycles. The van der Waals surface area contributed by atoms with Crippen LogP contribution in [0, 0.1) is 16.7 Å². The minimum atomic E-state index is -0.324. The van der Waals surface area contributed by atoms with Crippen LogP contribution in [0.3, 0.4) is 0 Å². The van der Waals surface area contributed by atoms with Crippen molar-refractivity contribution in [2.45, 2.75) is 78.7 Å². The van der Waals surface area contributed by atoms with Crippen LogP contribution in [0.1, 0.15) is 83.4 Å². The lowest BCUT2D eigenvalue weighted by Crippen LogP contribution is -2.43. The molecule has 0 bridgehead atoms. The maximum absolute atomic E-state index is 14.1. The average Bonchev–Trinajstić information content (AvgIpc) is 3.23. The molecule has 5 rings (SSSR count). The van der Waals surface area contributed by atoms with E-state index in [0.29, 0.717) is 23.9 Å². The molecule has 1 aromatic rings. The van der Waals surface area contributed by atoms with Gasteiger partial charge in [-0.25, -0.2) is 0 Å². The number of Topliss-reactive ketones (excluding diaryl/α,β-unsaturated/α-hetero) is 1. The van der Waals surface area contributed by atoms with E-state index in [1.807, 2.05) is 0 Å². The van der Waals surface area contributed by atoms with Crippen molar-refractivity contribution in [1.29, 1.82) is 0 Å². The van der Waals surface area contributed by atoms with Gasteiger partial charge in [-0.1, -0.05) is 38.8 Å². The number of rotatable bonds is 4. The number of carbonyl (C=O) groups excluding carboxylic acids is 1. The molecule has 0 saturated carbocycles. The lowest BCUT2D eigenvalue weighted by molar-refractivity contribution is -0.132. The van der Waals surface area contributed by atoms with Crippen LogP contribution >= 0.6 is 0 Å². The molecule has 33 heavy (non-hydrogen) atoms. The molecule has 5 heteroatoms. The predicted molar refractivity (Wildman–Crippen MR) is 129 cm³/mol. The van der Waals surface area contributed by atoms with E-state index in [1.165, 1.54) is 24.8 Å². The Morgan fingerprint density at radius 3 is 2.79 bits per heavy atom. The first-order valence-electron chi connectivity index (χ1n) is 12.6. The molecule has 0 N–H and O–H groups in total. The number of nitrogens with zero attached hydrogens (tertiary/aromatic N) is 1. The lowest BCUT2D eigenvalue weighted by atomic mass is 9.56. The largest absolute Gasteiger partial charge is 0.492 e. The summed E-state index contributed by atoms with van der Waals surface area (Å²) in [4.78, 5) is 16.4. The summed E-state index contributed by atoms with van der Waals surface area (Å²) < 4.78 is 17.3. The van der Waals surface area contributed by atoms with Gasteiger partial charge in [0.25, 0.3) is 0 Å². The molecule has 180 valence electrons. The first kappa shape index (κ1) is 22.8. The molecule has 0 unspecified atom stereocenters. The standard InChI is InChI=1S/C28H39NO4/c1-17-12-18-8-7-10-27(2,3)20(18)15-28(17,4)23(30)14-21-24-19(9-11-29(21)5)13-22-25(26(24)31-6)33-16-32-22/h13,17,21H,7-12,14-16H2,1-6H3/t17-,21+,28-/m0/s1. The summed E-state index contributed by atoms with van der Waals surface area (Å²) in [6.45, 7) is 10.4. The highest BCUT2D eigenvalue weighted by Gasteiger charge is 2.48. The molecule has 1 aromatic carbocycles. The molecule has 5 nitrogen and oxygen atoms in total. The van der Waals surface area contributed by atoms with Crippen LogP contribution in [0.25, 0.3) is 0 Å². The fraction of sp³-hybridized carbons (Fsp3) is 0.679. The summed E-state index contributed by atoms with van der Waals surface area (Å²) in [5, 5.41) is 0. The van der Waals surface area contributed by atoms with Gasteiger partial charge in [0, 0.05) is 30.0 Å². The molecule has 2 heterocycles. The number of benzene rings is 1. The highest BCUT2D eigenvalue weighted by atomic mass is 16.7. The van der Waals surface area contributed by atoms with Gasteiger partial charge in [-0.2, -0.15) is 0 Å². The zero-order valence-electron chi connectivity index (χ0n) is 21.2. The molecule has 2 aliphatic heterocycles. The zero-order valence-corrected chi connectivity index (χ0v) is 21.2. The summed E-state index contributed by atoms with van der Waals surface area (Å²) >= 11 is 0. The quantitative estimate of drug-likeness (QED) is 0.535. The second kappa shape index (κ2) is 8.04. The first-order chi connectivity index (χ1) is 15.7. The van der Waals surface area contributed by atoms with Crippen LogP contribution in [0.15, 0.2) is 17.2 Å². The maximum Gasteiger partial charge on any atom is 0.231 e. The van der Waals surface area contributed by atoms with Crippen molar-refractivity contribution in [2.24, 2.45) is 16.7 Å². The normalized spacial score (nSPS) is 30.6. The monoisotopic (exact) mass is 453 g/mol. The third-order valence-electron chi connectivity index (χ3n) is 9.27. The van der Waals surface area contributed by atoms with Crippen molar-refractivity contribution in [3.63, 3.8) is 0 Å². The van der Waals surface area contributed by atoms with Gasteiger partial charge < -0.3 is 14.2 Å². The van der Waals surface area contributed by atoms with Crippen molar-refractivity contribution in [3.8, 4) is 17.2 Å². The number of likely N-dealkylation sites (N-methyl/N-ethyl adjacent to an activating group) is 1. The highest BCUT2D eigenvalue weighted by molar-refractivity contribution is 5.86. The van der Waals surface area contributed by atoms with Crippen molar-refractivity contribution >= 4 is 5.78 Å². The summed E-state index contributed by atoms with van der Waals surface area (Å²) in [6, 6.07) is 2.08. The summed E-state index contributed by atoms with van der Waals surface area (Å²) in [5.74, 6) is 2.92. The number of hydrogen-bond acceptors (Lipinski definition) is 5. The molecule has 3 atom stereocenters. The van der Waals surface area contributed by atoms with Crippen LogP contribution in [0.4, 0.5) is 0 Å². The fourth-order valence-corrected chi connectivity index (χ4v) is 6.82. The number of allylic oxidation sites excluding steroid dienone is 2.